The van der Waals surface area contributed by atoms with Crippen LogP contribution in [0.4, 0.5) is 23.7 Å². The maximum Gasteiger partial charge on any atom is 0.573 e. The highest BCUT2D eigenvalue weighted by atomic mass is 19.4. The fraction of sp³-hybridized carbons (Fsp3) is 0.529. The van der Waals surface area contributed by atoms with Crippen LogP contribution in [0.25, 0.3) is 0 Å². The highest BCUT2D eigenvalue weighted by Gasteiger charge is 2.34. The smallest absolute Gasteiger partial charge is 0.444 e. The van der Waals surface area contributed by atoms with Gasteiger partial charge in [0.05, 0.1) is 17.3 Å². The van der Waals surface area contributed by atoms with Crippen LogP contribution >= 0.6 is 0 Å². The second-order valence-electron chi connectivity index (χ2n) is 6.80. The van der Waals surface area contributed by atoms with E-state index in [0.29, 0.717) is 26.2 Å². The van der Waals surface area contributed by atoms with Crippen LogP contribution in [-0.4, -0.2) is 49.1 Å². The van der Waals surface area contributed by atoms with Gasteiger partial charge in [0.1, 0.15) is 5.60 Å². The molecule has 1 aromatic carbocycles. The molecule has 0 saturated carbocycles. The molecule has 1 saturated heterocycles. The lowest BCUT2D eigenvalue weighted by atomic mass is 10.1. The summed E-state index contributed by atoms with van der Waals surface area (Å²) in [6.45, 7) is 6.54. The van der Waals surface area contributed by atoms with E-state index in [1.54, 1.807) is 31.7 Å². The number of ether oxygens (including phenoxy) is 2. The van der Waals surface area contributed by atoms with Gasteiger partial charge in [-0.15, -0.1) is 13.2 Å². The molecule has 0 unspecified atom stereocenters. The number of hydrogen-bond donors (Lipinski definition) is 0. The van der Waals surface area contributed by atoms with Crippen LogP contribution in [0.1, 0.15) is 26.3 Å². The third-order valence-corrected chi connectivity index (χ3v) is 3.59. The molecule has 142 valence electrons. The van der Waals surface area contributed by atoms with Gasteiger partial charge in [0, 0.05) is 32.2 Å². The molecule has 26 heavy (non-hydrogen) atoms. The van der Waals surface area contributed by atoms with Crippen molar-refractivity contribution in [3.8, 4) is 11.8 Å². The lowest BCUT2D eigenvalue weighted by Crippen LogP contribution is -2.50. The summed E-state index contributed by atoms with van der Waals surface area (Å²) >= 11 is 0. The number of benzene rings is 1. The molecule has 1 heterocycles. The Balaban J connectivity index is 2.11. The maximum atomic E-state index is 12.7. The van der Waals surface area contributed by atoms with Crippen molar-refractivity contribution >= 4 is 11.8 Å². The van der Waals surface area contributed by atoms with Gasteiger partial charge in [0.15, 0.2) is 5.75 Å². The first-order valence-corrected chi connectivity index (χ1v) is 8.01. The van der Waals surface area contributed by atoms with E-state index < -0.39 is 23.8 Å². The van der Waals surface area contributed by atoms with Gasteiger partial charge in [-0.1, -0.05) is 0 Å². The number of anilines is 1. The van der Waals surface area contributed by atoms with Crippen LogP contribution in [0.2, 0.25) is 0 Å². The normalized spacial score (nSPS) is 15.4. The summed E-state index contributed by atoms with van der Waals surface area (Å²) in [7, 11) is 0. The molecule has 1 fully saturated rings. The van der Waals surface area contributed by atoms with Crippen molar-refractivity contribution in [1.82, 2.24) is 4.90 Å². The molecule has 1 amide bonds. The van der Waals surface area contributed by atoms with Crippen molar-refractivity contribution < 1.29 is 27.4 Å². The fourth-order valence-electron chi connectivity index (χ4n) is 2.51. The van der Waals surface area contributed by atoms with Crippen molar-refractivity contribution in [3.63, 3.8) is 0 Å². The van der Waals surface area contributed by atoms with E-state index in [1.807, 2.05) is 0 Å². The van der Waals surface area contributed by atoms with Gasteiger partial charge >= 0.3 is 12.5 Å². The summed E-state index contributed by atoms with van der Waals surface area (Å²) < 4.78 is 47.3. The summed E-state index contributed by atoms with van der Waals surface area (Å²) in [5, 5.41) is 8.89. The maximum absolute atomic E-state index is 12.7. The third-order valence-electron chi connectivity index (χ3n) is 3.59. The van der Waals surface area contributed by atoms with E-state index in [9.17, 15) is 18.0 Å². The van der Waals surface area contributed by atoms with Gasteiger partial charge in [-0.05, 0) is 32.9 Å². The number of nitriles is 1. The van der Waals surface area contributed by atoms with Crippen LogP contribution < -0.4 is 9.64 Å². The van der Waals surface area contributed by atoms with Crippen LogP contribution in [0.15, 0.2) is 18.2 Å². The average molecular weight is 371 g/mol. The first-order chi connectivity index (χ1) is 12.0. The minimum atomic E-state index is -4.86. The number of rotatable bonds is 2. The predicted octanol–water partition coefficient (Wildman–Crippen LogP) is 3.51. The van der Waals surface area contributed by atoms with E-state index in [0.717, 1.165) is 6.07 Å². The van der Waals surface area contributed by atoms with Crippen molar-refractivity contribution in [2.75, 3.05) is 31.1 Å². The van der Waals surface area contributed by atoms with Crippen molar-refractivity contribution in [1.29, 1.82) is 5.26 Å². The Labute approximate surface area is 149 Å². The SMILES string of the molecule is CC(C)(C)OC(=O)N1CCN(c2ccc(C#N)cc2OC(F)(F)F)CC1. The monoisotopic (exact) mass is 371 g/mol. The molecule has 1 aliphatic rings. The van der Waals surface area contributed by atoms with Gasteiger partial charge in [0.2, 0.25) is 0 Å². The van der Waals surface area contributed by atoms with Gasteiger partial charge in [-0.25, -0.2) is 4.79 Å². The van der Waals surface area contributed by atoms with E-state index in [2.05, 4.69) is 4.74 Å². The van der Waals surface area contributed by atoms with Crippen LogP contribution in [-0.2, 0) is 4.74 Å². The number of alkyl halides is 3. The molecular formula is C17H20F3N3O3. The van der Waals surface area contributed by atoms with Crippen molar-refractivity contribution in [2.45, 2.75) is 32.7 Å². The van der Waals surface area contributed by atoms with E-state index in [1.165, 1.54) is 17.0 Å². The zero-order valence-electron chi connectivity index (χ0n) is 14.8. The minimum Gasteiger partial charge on any atom is -0.444 e. The van der Waals surface area contributed by atoms with Gasteiger partial charge in [0.25, 0.3) is 0 Å². The Hall–Kier alpha value is -2.63. The molecule has 9 heteroatoms. The fourth-order valence-corrected chi connectivity index (χ4v) is 2.51. The molecule has 0 radical (unpaired) electrons. The lowest BCUT2D eigenvalue weighted by Gasteiger charge is -2.37. The van der Waals surface area contributed by atoms with Gasteiger partial charge < -0.3 is 19.3 Å². The lowest BCUT2D eigenvalue weighted by molar-refractivity contribution is -0.274. The average Bonchev–Trinajstić information content (AvgIpc) is 2.52. The number of piperazine rings is 1. The summed E-state index contributed by atoms with van der Waals surface area (Å²) in [5.41, 5.74) is -0.319. The summed E-state index contributed by atoms with van der Waals surface area (Å²) in [5.74, 6) is -0.428. The quantitative estimate of drug-likeness (QED) is 0.796. The molecule has 0 bridgehead atoms. The number of nitrogens with zero attached hydrogens (tertiary/aromatic N) is 3. The number of halogens is 3. The second kappa shape index (κ2) is 7.32. The van der Waals surface area contributed by atoms with Crippen molar-refractivity contribution in [3.05, 3.63) is 23.8 Å². The van der Waals surface area contributed by atoms with Crippen LogP contribution in [0.3, 0.4) is 0 Å². The summed E-state index contributed by atoms with van der Waals surface area (Å²) in [6.07, 6.45) is -5.31. The van der Waals surface area contributed by atoms with Crippen molar-refractivity contribution in [2.24, 2.45) is 0 Å². The molecule has 6 nitrogen and oxygen atoms in total. The topological polar surface area (TPSA) is 65.8 Å². The number of carbonyl (C=O) groups is 1. The Morgan fingerprint density at radius 1 is 1.15 bits per heavy atom. The molecule has 0 atom stereocenters. The Morgan fingerprint density at radius 3 is 2.27 bits per heavy atom. The molecule has 1 aliphatic heterocycles. The Bertz CT molecular complexity index is 700. The minimum absolute atomic E-state index is 0.0698. The Kier molecular flexibility index (Phi) is 5.54. The molecular weight excluding hydrogens is 351 g/mol. The molecule has 2 rings (SSSR count). The van der Waals surface area contributed by atoms with E-state index in [-0.39, 0.29) is 11.3 Å². The van der Waals surface area contributed by atoms with E-state index >= 15 is 0 Å². The molecule has 0 N–H and O–H groups in total. The molecule has 0 aromatic heterocycles. The highest BCUT2D eigenvalue weighted by Crippen LogP contribution is 2.34. The number of hydrogen-bond acceptors (Lipinski definition) is 5. The Morgan fingerprint density at radius 2 is 1.77 bits per heavy atom. The third kappa shape index (κ3) is 5.44. The van der Waals surface area contributed by atoms with Gasteiger partial charge in [-0.3, -0.25) is 0 Å². The summed E-state index contributed by atoms with van der Waals surface area (Å²) in [6, 6.07) is 5.70. The number of amides is 1. The summed E-state index contributed by atoms with van der Waals surface area (Å²) in [4.78, 5) is 15.3. The van der Waals surface area contributed by atoms with E-state index in [4.69, 9.17) is 10.00 Å². The first kappa shape index (κ1) is 19.7. The van der Waals surface area contributed by atoms with Crippen LogP contribution in [0.5, 0.6) is 5.75 Å². The number of carbonyl (C=O) groups excluding carboxylic acids is 1. The zero-order chi connectivity index (χ0) is 19.5. The van der Waals surface area contributed by atoms with Crippen LogP contribution in [0, 0.1) is 11.3 Å². The largest absolute Gasteiger partial charge is 0.573 e. The standard InChI is InChI=1S/C17H20F3N3O3/c1-16(2,3)26-15(24)23-8-6-22(7-9-23)13-5-4-12(11-21)10-14(13)25-17(18,19)20/h4-5,10H,6-9H2,1-3H3. The van der Waals surface area contributed by atoms with Gasteiger partial charge in [-0.2, -0.15) is 5.26 Å². The predicted molar refractivity (Wildman–Crippen MR) is 87.9 cm³/mol. The highest BCUT2D eigenvalue weighted by molar-refractivity contribution is 5.69. The molecule has 0 spiro atoms. The zero-order valence-corrected chi connectivity index (χ0v) is 14.8. The first-order valence-electron chi connectivity index (χ1n) is 8.01. The molecule has 0 aliphatic carbocycles. The molecule has 1 aromatic rings. The second-order valence-corrected chi connectivity index (χ2v) is 6.80.